The smallest absolute Gasteiger partial charge is 0.123 e. The number of benzene rings is 1. The van der Waals surface area contributed by atoms with Gasteiger partial charge in [-0.1, -0.05) is 25.1 Å². The van der Waals surface area contributed by atoms with Crippen molar-refractivity contribution in [3.63, 3.8) is 0 Å². The topological polar surface area (TPSA) is 21.7 Å². The maximum Gasteiger partial charge on any atom is 0.123 e. The van der Waals surface area contributed by atoms with E-state index in [1.165, 1.54) is 54.4 Å². The van der Waals surface area contributed by atoms with Crippen LogP contribution in [0.1, 0.15) is 63.1 Å². The van der Waals surface area contributed by atoms with Gasteiger partial charge < -0.3 is 9.47 Å². The molecule has 1 saturated heterocycles. The molecule has 0 spiro atoms. The Labute approximate surface area is 164 Å². The summed E-state index contributed by atoms with van der Waals surface area (Å²) in [5.41, 5.74) is 6.08. The maximum atomic E-state index is 5.90. The van der Waals surface area contributed by atoms with Gasteiger partial charge in [-0.2, -0.15) is 0 Å². The number of rotatable bonds is 3. The number of hydrogen-bond acceptors (Lipinski definition) is 3. The molecule has 3 aliphatic rings. The summed E-state index contributed by atoms with van der Waals surface area (Å²) in [6.45, 7) is 14.1. The molecule has 1 saturated carbocycles. The van der Waals surface area contributed by atoms with Gasteiger partial charge in [-0.3, -0.25) is 4.90 Å². The molecule has 27 heavy (non-hydrogen) atoms. The second kappa shape index (κ2) is 7.25. The van der Waals surface area contributed by atoms with E-state index >= 15 is 0 Å². The van der Waals surface area contributed by atoms with Crippen LogP contribution in [-0.2, 0) is 23.1 Å². The first-order chi connectivity index (χ1) is 12.9. The Kier molecular flexibility index (Phi) is 5.11. The van der Waals surface area contributed by atoms with Gasteiger partial charge in [0.25, 0.3) is 0 Å². The largest absolute Gasteiger partial charge is 0.496 e. The van der Waals surface area contributed by atoms with Crippen molar-refractivity contribution in [3.05, 3.63) is 41.0 Å². The van der Waals surface area contributed by atoms with Gasteiger partial charge in [-0.25, -0.2) is 0 Å². The highest BCUT2D eigenvalue weighted by Crippen LogP contribution is 2.52. The number of allylic oxidation sites excluding steroid dienone is 1. The second-order valence-electron chi connectivity index (χ2n) is 9.29. The zero-order valence-corrected chi connectivity index (χ0v) is 17.5. The van der Waals surface area contributed by atoms with Gasteiger partial charge in [-0.05, 0) is 74.5 Å². The van der Waals surface area contributed by atoms with Crippen molar-refractivity contribution in [2.75, 3.05) is 20.2 Å². The number of morpholine rings is 1. The molecule has 0 bridgehead atoms. The molecule has 1 aromatic rings. The summed E-state index contributed by atoms with van der Waals surface area (Å²) in [4.78, 5) is 2.51. The Morgan fingerprint density at radius 3 is 2.67 bits per heavy atom. The third kappa shape index (κ3) is 3.45. The molecule has 1 aromatic carbocycles. The molecule has 148 valence electrons. The summed E-state index contributed by atoms with van der Waals surface area (Å²) >= 11 is 0. The highest BCUT2D eigenvalue weighted by molar-refractivity contribution is 5.49. The van der Waals surface area contributed by atoms with Crippen LogP contribution >= 0.6 is 0 Å². The molecule has 2 fully saturated rings. The van der Waals surface area contributed by atoms with E-state index in [0.29, 0.717) is 18.1 Å². The van der Waals surface area contributed by atoms with Gasteiger partial charge >= 0.3 is 0 Å². The van der Waals surface area contributed by atoms with E-state index < -0.39 is 0 Å². The molecule has 0 amide bonds. The van der Waals surface area contributed by atoms with Crippen LogP contribution in [0.3, 0.4) is 0 Å². The summed E-state index contributed by atoms with van der Waals surface area (Å²) in [7, 11) is 1.82. The first kappa shape index (κ1) is 19.0. The van der Waals surface area contributed by atoms with Gasteiger partial charge in [0.1, 0.15) is 5.75 Å². The van der Waals surface area contributed by atoms with Crippen LogP contribution in [0.15, 0.2) is 24.3 Å². The van der Waals surface area contributed by atoms with E-state index in [1.54, 1.807) is 0 Å². The van der Waals surface area contributed by atoms with Crippen molar-refractivity contribution in [2.45, 2.75) is 77.0 Å². The number of methoxy groups -OCH3 is 1. The number of nitrogens with zero attached hydrogens (tertiary/aromatic N) is 1. The normalized spacial score (nSPS) is 34.1. The highest BCUT2D eigenvalue weighted by Gasteiger charge is 2.43. The number of fused-ring (bicyclic) bond motifs is 3. The van der Waals surface area contributed by atoms with Crippen molar-refractivity contribution < 1.29 is 9.47 Å². The molecule has 3 heteroatoms. The Morgan fingerprint density at radius 2 is 1.96 bits per heavy atom. The van der Waals surface area contributed by atoms with Crippen molar-refractivity contribution in [1.29, 1.82) is 0 Å². The molecule has 0 radical (unpaired) electrons. The lowest BCUT2D eigenvalue weighted by molar-refractivity contribution is -0.0706. The second-order valence-corrected chi connectivity index (χ2v) is 9.29. The predicted molar refractivity (Wildman–Crippen MR) is 110 cm³/mol. The summed E-state index contributed by atoms with van der Waals surface area (Å²) in [6.07, 6.45) is 6.75. The average molecular weight is 370 g/mol. The Morgan fingerprint density at radius 1 is 1.22 bits per heavy atom. The van der Waals surface area contributed by atoms with E-state index in [2.05, 4.69) is 44.4 Å². The SMILES string of the molecule is C=C1CCC[C@]2(C)c3cc(OC)c(CN4C[C@@H](C)O[C@H](C)C4)cc3CC[C@@H]12. The maximum absolute atomic E-state index is 5.90. The predicted octanol–water partition coefficient (Wildman–Crippen LogP) is 4.86. The summed E-state index contributed by atoms with van der Waals surface area (Å²) in [5, 5.41) is 0. The molecule has 4 atom stereocenters. The summed E-state index contributed by atoms with van der Waals surface area (Å²) < 4.78 is 11.8. The van der Waals surface area contributed by atoms with Crippen molar-refractivity contribution in [3.8, 4) is 5.75 Å². The van der Waals surface area contributed by atoms with E-state index in [9.17, 15) is 0 Å². The van der Waals surface area contributed by atoms with Crippen LogP contribution in [0.4, 0.5) is 0 Å². The van der Waals surface area contributed by atoms with Gasteiger partial charge in [-0.15, -0.1) is 0 Å². The molecular formula is C24H35NO2. The Balaban J connectivity index is 1.65. The number of aryl methyl sites for hydroxylation is 1. The lowest BCUT2D eigenvalue weighted by Gasteiger charge is -2.48. The average Bonchev–Trinajstić information content (AvgIpc) is 2.60. The molecule has 0 aromatic heterocycles. The Bertz CT molecular complexity index is 717. The van der Waals surface area contributed by atoms with E-state index in [-0.39, 0.29) is 5.41 Å². The minimum Gasteiger partial charge on any atom is -0.496 e. The zero-order valence-electron chi connectivity index (χ0n) is 17.5. The summed E-state index contributed by atoms with van der Waals surface area (Å²) in [6, 6.07) is 4.81. The van der Waals surface area contributed by atoms with E-state index in [4.69, 9.17) is 9.47 Å². The van der Waals surface area contributed by atoms with Crippen LogP contribution < -0.4 is 4.74 Å². The molecule has 1 aliphatic heterocycles. The fourth-order valence-electron chi connectivity index (χ4n) is 6.01. The first-order valence-corrected chi connectivity index (χ1v) is 10.7. The lowest BCUT2D eigenvalue weighted by Crippen LogP contribution is -2.45. The Hall–Kier alpha value is -1.32. The van der Waals surface area contributed by atoms with Gasteiger partial charge in [0.05, 0.1) is 19.3 Å². The monoisotopic (exact) mass is 369 g/mol. The van der Waals surface area contributed by atoms with E-state index in [0.717, 1.165) is 25.4 Å². The van der Waals surface area contributed by atoms with Gasteiger partial charge in [0.15, 0.2) is 0 Å². The minimum absolute atomic E-state index is 0.233. The van der Waals surface area contributed by atoms with E-state index in [1.807, 2.05) is 7.11 Å². The molecule has 3 nitrogen and oxygen atoms in total. The molecule has 2 aliphatic carbocycles. The van der Waals surface area contributed by atoms with Crippen LogP contribution in [0.2, 0.25) is 0 Å². The van der Waals surface area contributed by atoms with Crippen LogP contribution in [0.25, 0.3) is 0 Å². The standard InChI is InChI=1S/C24H35NO2/c1-16-7-6-10-24(4)21(16)9-8-19-11-20(23(26-5)12-22(19)24)15-25-13-17(2)27-18(3)14-25/h11-12,17-18,21H,1,6-10,13-15H2,2-5H3/t17-,18-,21+,24+/m1/s1. The number of hydrogen-bond donors (Lipinski definition) is 0. The van der Waals surface area contributed by atoms with Crippen molar-refractivity contribution >= 4 is 0 Å². The molecular weight excluding hydrogens is 334 g/mol. The zero-order chi connectivity index (χ0) is 19.2. The highest BCUT2D eigenvalue weighted by atomic mass is 16.5. The van der Waals surface area contributed by atoms with Crippen LogP contribution in [-0.4, -0.2) is 37.3 Å². The van der Waals surface area contributed by atoms with Crippen LogP contribution in [0.5, 0.6) is 5.75 Å². The van der Waals surface area contributed by atoms with Gasteiger partial charge in [0.2, 0.25) is 0 Å². The molecule has 1 heterocycles. The fraction of sp³-hybridized carbons (Fsp3) is 0.667. The fourth-order valence-corrected chi connectivity index (χ4v) is 6.01. The third-order valence-electron chi connectivity index (χ3n) is 7.17. The van der Waals surface area contributed by atoms with Crippen molar-refractivity contribution in [1.82, 2.24) is 4.90 Å². The minimum atomic E-state index is 0.233. The first-order valence-electron chi connectivity index (χ1n) is 10.7. The lowest BCUT2D eigenvalue weighted by atomic mass is 9.57. The van der Waals surface area contributed by atoms with Crippen molar-refractivity contribution in [2.24, 2.45) is 5.92 Å². The molecule has 0 N–H and O–H groups in total. The number of ether oxygens (including phenoxy) is 2. The van der Waals surface area contributed by atoms with Crippen LogP contribution in [0, 0.1) is 5.92 Å². The quantitative estimate of drug-likeness (QED) is 0.710. The third-order valence-corrected chi connectivity index (χ3v) is 7.17. The van der Waals surface area contributed by atoms with Gasteiger partial charge in [0, 0.05) is 25.2 Å². The molecule has 0 unspecified atom stereocenters. The summed E-state index contributed by atoms with van der Waals surface area (Å²) in [5.74, 6) is 1.69. The molecule has 4 rings (SSSR count).